The maximum Gasteiger partial charge on any atom is 0.250 e. The third-order valence-corrected chi connectivity index (χ3v) is 5.08. The fraction of sp³-hybridized carbons (Fsp3) is 0.591. The Labute approximate surface area is 147 Å². The van der Waals surface area contributed by atoms with Crippen LogP contribution in [0.25, 0.3) is 0 Å². The van der Waals surface area contributed by atoms with Crippen LogP contribution in [0, 0.1) is 13.8 Å². The second-order valence-corrected chi connectivity index (χ2v) is 7.12. The number of benzene rings is 1. The van der Waals surface area contributed by atoms with E-state index in [-0.39, 0.29) is 5.91 Å². The van der Waals surface area contributed by atoms with Crippen molar-refractivity contribution in [1.82, 2.24) is 4.90 Å². The van der Waals surface area contributed by atoms with Crippen LogP contribution >= 0.6 is 0 Å². The van der Waals surface area contributed by atoms with Gasteiger partial charge in [0.15, 0.2) is 0 Å². The maximum atomic E-state index is 13.2. The van der Waals surface area contributed by atoms with Crippen LogP contribution in [0.15, 0.2) is 29.8 Å². The summed E-state index contributed by atoms with van der Waals surface area (Å²) in [5, 5.41) is 0. The monoisotopic (exact) mass is 327 g/mol. The molecule has 1 aliphatic rings. The van der Waals surface area contributed by atoms with Gasteiger partial charge in [-0.2, -0.15) is 0 Å². The van der Waals surface area contributed by atoms with Crippen molar-refractivity contribution in [3.8, 4) is 0 Å². The summed E-state index contributed by atoms with van der Waals surface area (Å²) >= 11 is 0. The lowest BCUT2D eigenvalue weighted by Gasteiger charge is -2.25. The van der Waals surface area contributed by atoms with Crippen molar-refractivity contribution in [3.05, 3.63) is 46.5 Å². The van der Waals surface area contributed by atoms with Crippen LogP contribution in [0.4, 0.5) is 0 Å². The van der Waals surface area contributed by atoms with Crippen molar-refractivity contribution in [3.63, 3.8) is 0 Å². The van der Waals surface area contributed by atoms with Gasteiger partial charge < -0.3 is 4.90 Å². The van der Waals surface area contributed by atoms with Crippen molar-refractivity contribution in [2.75, 3.05) is 0 Å². The van der Waals surface area contributed by atoms with Crippen LogP contribution in [0.1, 0.15) is 75.5 Å². The summed E-state index contributed by atoms with van der Waals surface area (Å²) in [5.74, 6) is 0.274. The van der Waals surface area contributed by atoms with Crippen LogP contribution in [0.2, 0.25) is 0 Å². The zero-order valence-electron chi connectivity index (χ0n) is 15.9. The highest BCUT2D eigenvalue weighted by atomic mass is 16.2. The van der Waals surface area contributed by atoms with E-state index >= 15 is 0 Å². The summed E-state index contributed by atoms with van der Waals surface area (Å²) < 4.78 is 0. The fourth-order valence-electron chi connectivity index (χ4n) is 3.21. The molecule has 0 radical (unpaired) electrons. The molecule has 2 nitrogen and oxygen atoms in total. The summed E-state index contributed by atoms with van der Waals surface area (Å²) in [7, 11) is 0. The fourth-order valence-corrected chi connectivity index (χ4v) is 3.21. The number of allylic oxidation sites excluding steroid dienone is 1. The third-order valence-electron chi connectivity index (χ3n) is 5.08. The highest BCUT2D eigenvalue weighted by Crippen LogP contribution is 2.31. The Balaban J connectivity index is 2.15. The highest BCUT2D eigenvalue weighted by molar-refractivity contribution is 5.93. The molecule has 1 aromatic carbocycles. The first-order valence-corrected chi connectivity index (χ1v) is 9.63. The molecular weight excluding hydrogens is 294 g/mol. The second-order valence-electron chi connectivity index (χ2n) is 7.12. The molecule has 0 aliphatic heterocycles. The van der Waals surface area contributed by atoms with E-state index < -0.39 is 0 Å². The lowest BCUT2D eigenvalue weighted by molar-refractivity contribution is -0.128. The Bertz CT molecular complexity index is 584. The lowest BCUT2D eigenvalue weighted by Crippen LogP contribution is -2.34. The summed E-state index contributed by atoms with van der Waals surface area (Å²) in [6.07, 6.45) is 9.85. The standard InChI is InChI=1S/C22H33NO/c1-5-7-8-12-19(10-6-2)22(24)23(21-14-15-21)16-20-13-9-11-17(3)18(20)4/h9-11,13,21H,5-8,12,14-16H2,1-4H3. The number of carbonyl (C=O) groups is 1. The average Bonchev–Trinajstić information content (AvgIpc) is 3.40. The first-order chi connectivity index (χ1) is 11.6. The lowest BCUT2D eigenvalue weighted by atomic mass is 10.0. The second kappa shape index (κ2) is 9.05. The minimum atomic E-state index is 0.274. The van der Waals surface area contributed by atoms with Gasteiger partial charge >= 0.3 is 0 Å². The number of rotatable bonds is 9. The van der Waals surface area contributed by atoms with Gasteiger partial charge in [0.1, 0.15) is 0 Å². The van der Waals surface area contributed by atoms with Crippen LogP contribution < -0.4 is 0 Å². The van der Waals surface area contributed by atoms with Crippen LogP contribution in [-0.4, -0.2) is 16.8 Å². The van der Waals surface area contributed by atoms with E-state index in [2.05, 4.69) is 56.9 Å². The molecule has 0 unspecified atom stereocenters. The minimum Gasteiger partial charge on any atom is -0.332 e. The number of unbranched alkanes of at least 4 members (excludes halogenated alkanes) is 2. The van der Waals surface area contributed by atoms with Crippen molar-refractivity contribution in [2.24, 2.45) is 0 Å². The Morgan fingerprint density at radius 1 is 1.21 bits per heavy atom. The minimum absolute atomic E-state index is 0.274. The van der Waals surface area contributed by atoms with Gasteiger partial charge in [-0.15, -0.1) is 0 Å². The molecule has 1 aromatic rings. The van der Waals surface area contributed by atoms with Gasteiger partial charge in [0, 0.05) is 18.2 Å². The normalized spacial score (nSPS) is 14.8. The van der Waals surface area contributed by atoms with Gasteiger partial charge in [-0.3, -0.25) is 4.79 Å². The van der Waals surface area contributed by atoms with Gasteiger partial charge in [-0.25, -0.2) is 0 Å². The molecule has 0 heterocycles. The molecule has 1 aliphatic carbocycles. The molecule has 2 heteroatoms. The summed E-state index contributed by atoms with van der Waals surface area (Å²) in [5.41, 5.74) is 4.95. The molecule has 24 heavy (non-hydrogen) atoms. The molecule has 132 valence electrons. The van der Waals surface area contributed by atoms with E-state index in [1.165, 1.54) is 29.5 Å². The van der Waals surface area contributed by atoms with Gasteiger partial charge in [0.2, 0.25) is 5.91 Å². The third kappa shape index (κ3) is 4.96. The van der Waals surface area contributed by atoms with Crippen LogP contribution in [0.3, 0.4) is 0 Å². The van der Waals surface area contributed by atoms with Crippen LogP contribution in [-0.2, 0) is 11.3 Å². The smallest absolute Gasteiger partial charge is 0.250 e. The zero-order valence-corrected chi connectivity index (χ0v) is 15.9. The number of carbonyl (C=O) groups excluding carboxylic acids is 1. The average molecular weight is 328 g/mol. The predicted octanol–water partition coefficient (Wildman–Crippen LogP) is 5.71. The number of aryl methyl sites for hydroxylation is 1. The summed E-state index contributed by atoms with van der Waals surface area (Å²) in [6.45, 7) is 9.41. The van der Waals surface area contributed by atoms with Gasteiger partial charge in [0.05, 0.1) is 0 Å². The molecule has 1 fully saturated rings. The molecule has 0 bridgehead atoms. The Kier molecular flexibility index (Phi) is 7.08. The quantitative estimate of drug-likeness (QED) is 0.420. The van der Waals surface area contributed by atoms with Crippen molar-refractivity contribution < 1.29 is 4.79 Å². The van der Waals surface area contributed by atoms with E-state index in [0.717, 1.165) is 44.2 Å². The largest absolute Gasteiger partial charge is 0.332 e. The molecule has 1 saturated carbocycles. The number of amides is 1. The van der Waals surface area contributed by atoms with E-state index in [9.17, 15) is 4.79 Å². The molecule has 0 saturated heterocycles. The SMILES string of the molecule is CCC=C(CCCCC)C(=O)N(Cc1cccc(C)c1C)C1CC1. The molecule has 2 rings (SSSR count). The number of nitrogens with zero attached hydrogens (tertiary/aromatic N) is 1. The van der Waals surface area contributed by atoms with E-state index in [4.69, 9.17) is 0 Å². The first kappa shape index (κ1) is 18.8. The topological polar surface area (TPSA) is 20.3 Å². The highest BCUT2D eigenvalue weighted by Gasteiger charge is 2.33. The Morgan fingerprint density at radius 2 is 1.96 bits per heavy atom. The Hall–Kier alpha value is -1.57. The van der Waals surface area contributed by atoms with Crippen molar-refractivity contribution >= 4 is 5.91 Å². The summed E-state index contributed by atoms with van der Waals surface area (Å²) in [6, 6.07) is 6.88. The van der Waals surface area contributed by atoms with Crippen LogP contribution in [0.5, 0.6) is 0 Å². The molecule has 0 aromatic heterocycles. The maximum absolute atomic E-state index is 13.2. The summed E-state index contributed by atoms with van der Waals surface area (Å²) in [4.78, 5) is 15.3. The molecule has 0 N–H and O–H groups in total. The molecule has 0 atom stereocenters. The number of hydrogen-bond acceptors (Lipinski definition) is 1. The van der Waals surface area contributed by atoms with Gasteiger partial charge in [-0.1, -0.05) is 51.0 Å². The van der Waals surface area contributed by atoms with Crippen molar-refractivity contribution in [1.29, 1.82) is 0 Å². The first-order valence-electron chi connectivity index (χ1n) is 9.63. The van der Waals surface area contributed by atoms with Gasteiger partial charge in [-0.05, 0) is 62.6 Å². The molecule has 1 amide bonds. The molecular formula is C22H33NO. The van der Waals surface area contributed by atoms with Crippen molar-refractivity contribution in [2.45, 2.75) is 85.2 Å². The van der Waals surface area contributed by atoms with E-state index in [1.807, 2.05) is 0 Å². The zero-order chi connectivity index (χ0) is 17.5. The van der Waals surface area contributed by atoms with Gasteiger partial charge in [0.25, 0.3) is 0 Å². The Morgan fingerprint density at radius 3 is 2.58 bits per heavy atom. The molecule has 0 spiro atoms. The predicted molar refractivity (Wildman–Crippen MR) is 102 cm³/mol. The van der Waals surface area contributed by atoms with E-state index in [1.54, 1.807) is 0 Å². The number of hydrogen-bond donors (Lipinski definition) is 0. The van der Waals surface area contributed by atoms with E-state index in [0.29, 0.717) is 6.04 Å².